The monoisotopic (exact) mass is 733 g/mol. The van der Waals surface area contributed by atoms with Gasteiger partial charge in [0.2, 0.25) is 0 Å². The second kappa shape index (κ2) is 18.0. The minimum atomic E-state index is -0.837. The molecule has 5 atom stereocenters. The van der Waals surface area contributed by atoms with E-state index in [9.17, 15) is 19.9 Å². The molecular formula is C42H43N3O7S. The molecule has 11 heteroatoms. The van der Waals surface area contributed by atoms with E-state index in [1.165, 1.54) is 25.1 Å². The Bertz CT molecular complexity index is 1960. The Hall–Kier alpha value is -5.20. The van der Waals surface area contributed by atoms with Crippen LogP contribution in [0.2, 0.25) is 0 Å². The minimum absolute atomic E-state index is 0.0281. The number of aliphatic hydroxyl groups excluding tert-OH is 1. The number of hydrogen-bond donors (Lipinski definition) is 3. The molecule has 0 unspecified atom stereocenters. The lowest BCUT2D eigenvalue weighted by molar-refractivity contribution is -0.645. The van der Waals surface area contributed by atoms with Gasteiger partial charge < -0.3 is 35.2 Å². The van der Waals surface area contributed by atoms with E-state index in [0.717, 1.165) is 43.7 Å². The van der Waals surface area contributed by atoms with Crippen LogP contribution in [0.5, 0.6) is 0 Å². The number of urea groups is 1. The highest BCUT2D eigenvalue weighted by Crippen LogP contribution is 2.43. The standard InChI is InChI=1S/C42H43N3O7S/c1-28-37(27-53-38-14-8-9-23-45(38)49)51-41(52-39(28)32-17-15-30(26-46)16-18-32)33-21-19-31(20-22-33)35-13-7-6-12-34(35)25-43-42(48)44-36(40(47)50-2)24-29-10-4-3-5-11-29/h3-23,28,36-37,39,41,46H,24-27H2,1-2H3,(H2,43,44,48)/t28-,36+,37+,39+,41+/m1/s1. The van der Waals surface area contributed by atoms with Gasteiger partial charge in [-0.15, -0.1) is 0 Å². The lowest BCUT2D eigenvalue weighted by Gasteiger charge is -2.41. The van der Waals surface area contributed by atoms with Crippen LogP contribution in [-0.2, 0) is 38.6 Å². The smallest absolute Gasteiger partial charge is 0.328 e. The Balaban J connectivity index is 1.16. The van der Waals surface area contributed by atoms with Gasteiger partial charge in [0, 0.05) is 42.3 Å². The zero-order chi connectivity index (χ0) is 37.2. The number of carbonyl (C=O) groups is 2. The molecule has 0 radical (unpaired) electrons. The Morgan fingerprint density at radius 2 is 1.57 bits per heavy atom. The molecule has 0 saturated carbocycles. The Morgan fingerprint density at radius 3 is 2.28 bits per heavy atom. The maximum absolute atomic E-state index is 13.0. The highest BCUT2D eigenvalue weighted by atomic mass is 32.2. The molecule has 10 nitrogen and oxygen atoms in total. The van der Waals surface area contributed by atoms with Gasteiger partial charge in [0.25, 0.3) is 5.03 Å². The first kappa shape index (κ1) is 37.6. The number of aliphatic hydroxyl groups is 1. The molecule has 53 heavy (non-hydrogen) atoms. The van der Waals surface area contributed by atoms with Crippen molar-refractivity contribution < 1.29 is 33.6 Å². The van der Waals surface area contributed by atoms with E-state index < -0.39 is 24.3 Å². The number of rotatable bonds is 13. The molecule has 4 aromatic carbocycles. The summed E-state index contributed by atoms with van der Waals surface area (Å²) < 4.78 is 19.0. The molecule has 0 spiro atoms. The first-order valence-corrected chi connectivity index (χ1v) is 18.5. The van der Waals surface area contributed by atoms with Gasteiger partial charge in [0.1, 0.15) is 6.04 Å². The topological polar surface area (TPSA) is 133 Å². The molecule has 6 rings (SSSR count). The number of nitrogens with one attached hydrogen (secondary N) is 2. The molecule has 274 valence electrons. The van der Waals surface area contributed by atoms with Crippen molar-refractivity contribution in [2.75, 3.05) is 12.9 Å². The molecule has 1 aliphatic rings. The third-order valence-corrected chi connectivity index (χ3v) is 10.4. The predicted molar refractivity (Wildman–Crippen MR) is 202 cm³/mol. The van der Waals surface area contributed by atoms with E-state index in [2.05, 4.69) is 17.6 Å². The minimum Gasteiger partial charge on any atom is -0.618 e. The van der Waals surface area contributed by atoms with Crippen molar-refractivity contribution in [3.8, 4) is 11.1 Å². The average Bonchev–Trinajstić information content (AvgIpc) is 3.20. The fourth-order valence-corrected chi connectivity index (χ4v) is 7.43. The van der Waals surface area contributed by atoms with Crippen molar-refractivity contribution >= 4 is 23.8 Å². The summed E-state index contributed by atoms with van der Waals surface area (Å²) >= 11 is 1.45. The zero-order valence-electron chi connectivity index (χ0n) is 29.6. The second-order valence-corrected chi connectivity index (χ2v) is 13.9. The third kappa shape index (κ3) is 9.62. The summed E-state index contributed by atoms with van der Waals surface area (Å²) in [6.07, 6.45) is 0.615. The number of benzene rings is 4. The zero-order valence-corrected chi connectivity index (χ0v) is 30.4. The number of nitrogens with zero attached hydrogens (tertiary/aromatic N) is 1. The van der Waals surface area contributed by atoms with E-state index in [1.54, 1.807) is 12.1 Å². The summed E-state index contributed by atoms with van der Waals surface area (Å²) in [6.45, 7) is 2.29. The van der Waals surface area contributed by atoms with Crippen LogP contribution in [-0.4, -0.2) is 42.1 Å². The molecule has 1 aliphatic heterocycles. The summed E-state index contributed by atoms with van der Waals surface area (Å²) in [7, 11) is 1.30. The van der Waals surface area contributed by atoms with Crippen LogP contribution >= 0.6 is 11.8 Å². The molecule has 1 fully saturated rings. The number of thioether (sulfide) groups is 1. The van der Waals surface area contributed by atoms with Crippen LogP contribution in [0.1, 0.15) is 47.1 Å². The van der Waals surface area contributed by atoms with Crippen molar-refractivity contribution in [3.63, 3.8) is 0 Å². The van der Waals surface area contributed by atoms with E-state index in [4.69, 9.17) is 14.2 Å². The number of methoxy groups -OCH3 is 1. The van der Waals surface area contributed by atoms with Gasteiger partial charge in [-0.1, -0.05) is 122 Å². The predicted octanol–water partition coefficient (Wildman–Crippen LogP) is 6.65. The van der Waals surface area contributed by atoms with Crippen LogP contribution in [0.4, 0.5) is 4.79 Å². The molecule has 0 aliphatic carbocycles. The van der Waals surface area contributed by atoms with Crippen LogP contribution in [0, 0.1) is 11.1 Å². The summed E-state index contributed by atoms with van der Waals surface area (Å²) in [5.41, 5.74) is 6.33. The number of aromatic nitrogens is 1. The van der Waals surface area contributed by atoms with Crippen molar-refractivity contribution in [2.45, 2.75) is 56.1 Å². The van der Waals surface area contributed by atoms with Crippen molar-refractivity contribution in [3.05, 3.63) is 161 Å². The van der Waals surface area contributed by atoms with E-state index in [1.807, 2.05) is 109 Å². The molecule has 2 heterocycles. The fraction of sp³-hybridized carbons (Fsp3) is 0.262. The third-order valence-electron chi connectivity index (χ3n) is 9.33. The Kier molecular flexibility index (Phi) is 12.8. The van der Waals surface area contributed by atoms with Gasteiger partial charge in [-0.2, -0.15) is 4.73 Å². The highest BCUT2D eigenvalue weighted by molar-refractivity contribution is 7.99. The van der Waals surface area contributed by atoms with E-state index >= 15 is 0 Å². The summed E-state index contributed by atoms with van der Waals surface area (Å²) in [4.78, 5) is 25.4. The molecule has 1 aromatic heterocycles. The molecule has 5 aromatic rings. The van der Waals surface area contributed by atoms with Gasteiger partial charge in [0.15, 0.2) is 12.5 Å². The van der Waals surface area contributed by atoms with Crippen LogP contribution in [0.3, 0.4) is 0 Å². The van der Waals surface area contributed by atoms with Gasteiger partial charge in [-0.05, 0) is 39.4 Å². The first-order valence-electron chi connectivity index (χ1n) is 17.5. The van der Waals surface area contributed by atoms with Crippen molar-refractivity contribution in [2.24, 2.45) is 5.92 Å². The van der Waals surface area contributed by atoms with Gasteiger partial charge in [0.05, 0.1) is 25.9 Å². The molecule has 3 N–H and O–H groups in total. The average molecular weight is 734 g/mol. The largest absolute Gasteiger partial charge is 0.618 e. The quantitative estimate of drug-likeness (QED) is 0.0531. The maximum atomic E-state index is 13.0. The molecule has 2 amide bonds. The molecule has 0 bridgehead atoms. The maximum Gasteiger partial charge on any atom is 0.328 e. The Labute approximate surface area is 313 Å². The summed E-state index contributed by atoms with van der Waals surface area (Å²) in [5, 5.41) is 28.2. The van der Waals surface area contributed by atoms with Crippen LogP contribution in [0.25, 0.3) is 11.1 Å². The number of esters is 1. The Morgan fingerprint density at radius 1 is 0.868 bits per heavy atom. The fourth-order valence-electron chi connectivity index (χ4n) is 6.35. The molecular weight excluding hydrogens is 691 g/mol. The molecule has 1 saturated heterocycles. The number of pyridine rings is 1. The van der Waals surface area contributed by atoms with Gasteiger partial charge in [-0.25, -0.2) is 9.59 Å². The van der Waals surface area contributed by atoms with Crippen LogP contribution in [0.15, 0.2) is 133 Å². The highest BCUT2D eigenvalue weighted by Gasteiger charge is 2.38. The lowest BCUT2D eigenvalue weighted by atomic mass is 9.91. The number of amides is 2. The van der Waals surface area contributed by atoms with Crippen LogP contribution < -0.4 is 15.4 Å². The van der Waals surface area contributed by atoms with E-state index in [0.29, 0.717) is 17.2 Å². The SMILES string of the molecule is COC(=O)[C@H](Cc1ccccc1)NC(=O)NCc1ccccc1-c1ccc([C@H]2O[C@@H](CSc3cccc[n+]3[O-])[C@@H](C)[C@@H](c3ccc(CO)cc3)O2)cc1. The normalized spacial score (nSPS) is 18.8. The van der Waals surface area contributed by atoms with Gasteiger partial charge in [-0.3, -0.25) is 0 Å². The number of ether oxygens (including phenoxy) is 3. The van der Waals surface area contributed by atoms with Gasteiger partial charge >= 0.3 is 12.0 Å². The summed E-state index contributed by atoms with van der Waals surface area (Å²) in [6, 6.07) is 37.0. The van der Waals surface area contributed by atoms with E-state index in [-0.39, 0.29) is 31.3 Å². The summed E-state index contributed by atoms with van der Waals surface area (Å²) in [5.74, 6) is 0.00395. The number of hydrogen-bond acceptors (Lipinski definition) is 8. The second-order valence-electron chi connectivity index (χ2n) is 12.9. The lowest BCUT2D eigenvalue weighted by Crippen LogP contribution is -2.47. The van der Waals surface area contributed by atoms with Crippen molar-refractivity contribution in [1.82, 2.24) is 10.6 Å². The van der Waals surface area contributed by atoms with Crippen molar-refractivity contribution in [1.29, 1.82) is 0 Å². The first-order chi connectivity index (χ1) is 25.8. The number of carbonyl (C=O) groups excluding carboxylic acids is 2.